The Hall–Kier alpha value is -1.67. The van der Waals surface area contributed by atoms with Crippen molar-refractivity contribution in [3.63, 3.8) is 0 Å². The van der Waals surface area contributed by atoms with Gasteiger partial charge in [0.15, 0.2) is 0 Å². The Kier molecular flexibility index (Phi) is 5.31. The highest BCUT2D eigenvalue weighted by atomic mass is 16.3. The van der Waals surface area contributed by atoms with Gasteiger partial charge in [-0.25, -0.2) is 0 Å². The number of aliphatic hydroxyl groups excluding tert-OH is 1. The van der Waals surface area contributed by atoms with Gasteiger partial charge in [-0.1, -0.05) is 37.3 Å². The highest BCUT2D eigenvalue weighted by Crippen LogP contribution is 2.13. The van der Waals surface area contributed by atoms with Gasteiger partial charge in [0.05, 0.1) is 6.10 Å². The summed E-state index contributed by atoms with van der Waals surface area (Å²) >= 11 is 0. The molecule has 2 heteroatoms. The number of hydrogen-bond donors (Lipinski definition) is 1. The van der Waals surface area contributed by atoms with E-state index in [1.54, 1.807) is 0 Å². The Morgan fingerprint density at radius 2 is 1.95 bits per heavy atom. The molecule has 0 saturated carbocycles. The lowest BCUT2D eigenvalue weighted by atomic mass is 10.00. The molecule has 0 saturated heterocycles. The summed E-state index contributed by atoms with van der Waals surface area (Å²) in [5.41, 5.74) is 4.83. The standard InChI is InChI=1S/C18H23NO/c1-3-15-8-10-17(19-13-15)12-18(20)11-9-16-7-5-4-6-14(16)2/h4-8,10,13,18,20H,3,9,11-12H2,1-2H3. The summed E-state index contributed by atoms with van der Waals surface area (Å²) in [6, 6.07) is 12.5. The number of nitrogens with zero attached hydrogens (tertiary/aromatic N) is 1. The number of pyridine rings is 1. The Morgan fingerprint density at radius 3 is 2.60 bits per heavy atom. The largest absolute Gasteiger partial charge is 0.393 e. The van der Waals surface area contributed by atoms with Gasteiger partial charge in [0.1, 0.15) is 0 Å². The molecule has 1 aromatic carbocycles. The summed E-state index contributed by atoms with van der Waals surface area (Å²) < 4.78 is 0. The van der Waals surface area contributed by atoms with E-state index in [1.165, 1.54) is 16.7 Å². The molecule has 1 N–H and O–H groups in total. The molecule has 0 spiro atoms. The summed E-state index contributed by atoms with van der Waals surface area (Å²) in [4.78, 5) is 4.40. The van der Waals surface area contributed by atoms with Crippen LogP contribution < -0.4 is 0 Å². The van der Waals surface area contributed by atoms with E-state index in [0.29, 0.717) is 6.42 Å². The van der Waals surface area contributed by atoms with E-state index in [1.807, 2.05) is 12.3 Å². The third kappa shape index (κ3) is 4.17. The van der Waals surface area contributed by atoms with Gasteiger partial charge in [-0.15, -0.1) is 0 Å². The van der Waals surface area contributed by atoms with Crippen LogP contribution in [0.1, 0.15) is 35.7 Å². The maximum atomic E-state index is 10.1. The molecule has 20 heavy (non-hydrogen) atoms. The third-order valence-corrected chi connectivity index (χ3v) is 3.75. The topological polar surface area (TPSA) is 33.1 Å². The van der Waals surface area contributed by atoms with Crippen molar-refractivity contribution in [3.05, 3.63) is 65.0 Å². The number of aryl methyl sites for hydroxylation is 3. The molecule has 1 unspecified atom stereocenters. The van der Waals surface area contributed by atoms with E-state index >= 15 is 0 Å². The van der Waals surface area contributed by atoms with Crippen molar-refractivity contribution in [2.45, 2.75) is 45.6 Å². The van der Waals surface area contributed by atoms with Gasteiger partial charge in [-0.05, 0) is 48.9 Å². The van der Waals surface area contributed by atoms with Crippen LogP contribution >= 0.6 is 0 Å². The van der Waals surface area contributed by atoms with Crippen molar-refractivity contribution in [1.29, 1.82) is 0 Å². The van der Waals surface area contributed by atoms with Crippen molar-refractivity contribution in [2.24, 2.45) is 0 Å². The zero-order valence-electron chi connectivity index (χ0n) is 12.3. The van der Waals surface area contributed by atoms with Crippen LogP contribution in [-0.4, -0.2) is 16.2 Å². The van der Waals surface area contributed by atoms with Crippen LogP contribution in [0, 0.1) is 6.92 Å². The molecule has 0 aliphatic heterocycles. The average Bonchev–Trinajstić information content (AvgIpc) is 2.47. The zero-order valence-corrected chi connectivity index (χ0v) is 12.3. The molecule has 2 aromatic rings. The molecule has 0 bridgehead atoms. The van der Waals surface area contributed by atoms with Crippen molar-refractivity contribution in [3.8, 4) is 0 Å². The lowest BCUT2D eigenvalue weighted by Crippen LogP contribution is -2.13. The minimum absolute atomic E-state index is 0.324. The first-order valence-corrected chi connectivity index (χ1v) is 7.35. The lowest BCUT2D eigenvalue weighted by molar-refractivity contribution is 0.164. The molecule has 0 radical (unpaired) electrons. The van der Waals surface area contributed by atoms with E-state index in [4.69, 9.17) is 0 Å². The Labute approximate surface area is 121 Å². The second-order valence-corrected chi connectivity index (χ2v) is 5.33. The molecule has 0 amide bonds. The van der Waals surface area contributed by atoms with Gasteiger partial charge in [0.2, 0.25) is 0 Å². The van der Waals surface area contributed by atoms with Crippen LogP contribution in [-0.2, 0) is 19.3 Å². The average molecular weight is 269 g/mol. The predicted octanol–water partition coefficient (Wildman–Crippen LogP) is 3.49. The first-order valence-electron chi connectivity index (χ1n) is 7.35. The van der Waals surface area contributed by atoms with E-state index in [2.05, 4.69) is 49.2 Å². The molecular formula is C18H23NO. The van der Waals surface area contributed by atoms with Crippen molar-refractivity contribution in [2.75, 3.05) is 0 Å². The first kappa shape index (κ1) is 14.7. The molecule has 1 heterocycles. The fraction of sp³-hybridized carbons (Fsp3) is 0.389. The van der Waals surface area contributed by atoms with E-state index in [9.17, 15) is 5.11 Å². The molecular weight excluding hydrogens is 246 g/mol. The third-order valence-electron chi connectivity index (χ3n) is 3.75. The highest BCUT2D eigenvalue weighted by Gasteiger charge is 2.08. The lowest BCUT2D eigenvalue weighted by Gasteiger charge is -2.11. The van der Waals surface area contributed by atoms with E-state index in [-0.39, 0.29) is 6.10 Å². The fourth-order valence-electron chi connectivity index (χ4n) is 2.34. The molecule has 0 aliphatic rings. The molecule has 2 rings (SSSR count). The normalized spacial score (nSPS) is 12.3. The predicted molar refractivity (Wildman–Crippen MR) is 82.8 cm³/mol. The van der Waals surface area contributed by atoms with Crippen LogP contribution in [0.5, 0.6) is 0 Å². The van der Waals surface area contributed by atoms with Crippen molar-refractivity contribution < 1.29 is 5.11 Å². The van der Waals surface area contributed by atoms with Crippen molar-refractivity contribution in [1.82, 2.24) is 4.98 Å². The van der Waals surface area contributed by atoms with E-state index in [0.717, 1.165) is 25.0 Å². The second kappa shape index (κ2) is 7.20. The van der Waals surface area contributed by atoms with Gasteiger partial charge in [-0.3, -0.25) is 4.98 Å². The molecule has 0 aliphatic carbocycles. The monoisotopic (exact) mass is 269 g/mol. The number of aromatic nitrogens is 1. The second-order valence-electron chi connectivity index (χ2n) is 5.33. The first-order chi connectivity index (χ1) is 9.69. The van der Waals surface area contributed by atoms with Gasteiger partial charge < -0.3 is 5.11 Å². The Balaban J connectivity index is 1.86. The fourth-order valence-corrected chi connectivity index (χ4v) is 2.34. The smallest absolute Gasteiger partial charge is 0.0598 e. The van der Waals surface area contributed by atoms with Crippen LogP contribution in [0.3, 0.4) is 0 Å². The summed E-state index contributed by atoms with van der Waals surface area (Å²) in [5.74, 6) is 0. The number of hydrogen-bond acceptors (Lipinski definition) is 2. The van der Waals surface area contributed by atoms with Gasteiger partial charge >= 0.3 is 0 Å². The minimum Gasteiger partial charge on any atom is -0.393 e. The van der Waals surface area contributed by atoms with E-state index < -0.39 is 0 Å². The molecule has 106 valence electrons. The number of benzene rings is 1. The summed E-state index contributed by atoms with van der Waals surface area (Å²) in [6.07, 6.45) is 4.92. The van der Waals surface area contributed by atoms with Gasteiger partial charge in [-0.2, -0.15) is 0 Å². The van der Waals surface area contributed by atoms with Crippen molar-refractivity contribution >= 4 is 0 Å². The highest BCUT2D eigenvalue weighted by molar-refractivity contribution is 5.25. The minimum atomic E-state index is -0.324. The maximum absolute atomic E-state index is 10.1. The number of rotatable bonds is 6. The molecule has 1 aromatic heterocycles. The molecule has 1 atom stereocenters. The summed E-state index contributed by atoms with van der Waals surface area (Å²) in [5, 5.41) is 10.1. The summed E-state index contributed by atoms with van der Waals surface area (Å²) in [6.45, 7) is 4.24. The van der Waals surface area contributed by atoms with Crippen LogP contribution in [0.25, 0.3) is 0 Å². The number of aliphatic hydroxyl groups is 1. The molecule has 0 fully saturated rings. The van der Waals surface area contributed by atoms with Gasteiger partial charge in [0, 0.05) is 18.3 Å². The molecule has 2 nitrogen and oxygen atoms in total. The van der Waals surface area contributed by atoms with Crippen LogP contribution in [0.2, 0.25) is 0 Å². The van der Waals surface area contributed by atoms with Crippen LogP contribution in [0.4, 0.5) is 0 Å². The summed E-state index contributed by atoms with van der Waals surface area (Å²) in [7, 11) is 0. The Bertz CT molecular complexity index is 533. The Morgan fingerprint density at radius 1 is 1.15 bits per heavy atom. The zero-order chi connectivity index (χ0) is 14.4. The quantitative estimate of drug-likeness (QED) is 0.871. The van der Waals surface area contributed by atoms with Gasteiger partial charge in [0.25, 0.3) is 0 Å². The SMILES string of the molecule is CCc1ccc(CC(O)CCc2ccccc2C)nc1. The van der Waals surface area contributed by atoms with Crippen LogP contribution in [0.15, 0.2) is 42.6 Å². The maximum Gasteiger partial charge on any atom is 0.0598 e.